The monoisotopic (exact) mass is 276 g/mol. The molecule has 0 aliphatic rings. The Balaban J connectivity index is 1.86. The molecule has 1 aromatic heterocycles. The number of nitrogens with one attached hydrogen (secondary N) is 1. The molecule has 0 saturated carbocycles. The molecule has 0 spiro atoms. The fourth-order valence-electron chi connectivity index (χ4n) is 1.61. The summed E-state index contributed by atoms with van der Waals surface area (Å²) in [7, 11) is 1.97. The van der Waals surface area contributed by atoms with Crippen molar-refractivity contribution in [2.75, 3.05) is 0 Å². The molecule has 102 valence electrons. The molecule has 0 bridgehead atoms. The highest BCUT2D eigenvalue weighted by molar-refractivity contribution is 7.98. The zero-order valence-corrected chi connectivity index (χ0v) is 12.4. The van der Waals surface area contributed by atoms with Crippen molar-refractivity contribution in [1.82, 2.24) is 20.1 Å². The fourth-order valence-corrected chi connectivity index (χ4v) is 2.50. The van der Waals surface area contributed by atoms with Crippen LogP contribution in [0.25, 0.3) is 0 Å². The number of rotatable bonds is 6. The highest BCUT2D eigenvalue weighted by Gasteiger charge is 2.02. The highest BCUT2D eigenvalue weighted by Crippen LogP contribution is 2.21. The Bertz CT molecular complexity index is 504. The van der Waals surface area contributed by atoms with Gasteiger partial charge in [-0.05, 0) is 17.7 Å². The molecule has 1 heterocycles. The SMILES string of the molecule is CC(C)NCc1ccc(SCc2nncn2C)cc1. The molecule has 1 N–H and O–H groups in total. The van der Waals surface area contributed by atoms with E-state index in [-0.39, 0.29) is 0 Å². The van der Waals surface area contributed by atoms with Crippen molar-refractivity contribution in [3.63, 3.8) is 0 Å². The van der Waals surface area contributed by atoms with Crippen LogP contribution in [0.4, 0.5) is 0 Å². The molecule has 0 saturated heterocycles. The van der Waals surface area contributed by atoms with Gasteiger partial charge in [-0.1, -0.05) is 26.0 Å². The normalized spacial score (nSPS) is 11.2. The second-order valence-corrected chi connectivity index (χ2v) is 5.88. The quantitative estimate of drug-likeness (QED) is 0.824. The molecule has 0 radical (unpaired) electrons. The second kappa shape index (κ2) is 6.73. The van der Waals surface area contributed by atoms with Crippen LogP contribution in [0.5, 0.6) is 0 Å². The van der Waals surface area contributed by atoms with Gasteiger partial charge in [-0.3, -0.25) is 0 Å². The zero-order valence-electron chi connectivity index (χ0n) is 11.6. The number of nitrogens with zero attached hydrogens (tertiary/aromatic N) is 3. The van der Waals surface area contributed by atoms with E-state index in [1.165, 1.54) is 10.5 Å². The topological polar surface area (TPSA) is 42.7 Å². The lowest BCUT2D eigenvalue weighted by Crippen LogP contribution is -2.21. The van der Waals surface area contributed by atoms with Gasteiger partial charge in [-0.25, -0.2) is 0 Å². The van der Waals surface area contributed by atoms with Gasteiger partial charge in [0.15, 0.2) is 0 Å². The van der Waals surface area contributed by atoms with Gasteiger partial charge >= 0.3 is 0 Å². The molecule has 0 aliphatic carbocycles. The summed E-state index contributed by atoms with van der Waals surface area (Å²) in [5, 5.41) is 11.4. The van der Waals surface area contributed by atoms with Crippen LogP contribution < -0.4 is 5.32 Å². The number of aryl methyl sites for hydroxylation is 1. The molecular formula is C14H20N4S. The first-order chi connectivity index (χ1) is 9.15. The standard InChI is InChI=1S/C14H20N4S/c1-11(2)15-8-12-4-6-13(7-5-12)19-9-14-17-16-10-18(14)3/h4-7,10-11,15H,8-9H2,1-3H3. The Morgan fingerprint density at radius 3 is 2.58 bits per heavy atom. The first-order valence-corrected chi connectivity index (χ1v) is 7.41. The van der Waals surface area contributed by atoms with E-state index in [9.17, 15) is 0 Å². The van der Waals surface area contributed by atoms with Crippen LogP contribution in [0.1, 0.15) is 25.2 Å². The second-order valence-electron chi connectivity index (χ2n) is 4.83. The van der Waals surface area contributed by atoms with Gasteiger partial charge in [-0.15, -0.1) is 22.0 Å². The minimum absolute atomic E-state index is 0.518. The lowest BCUT2D eigenvalue weighted by molar-refractivity contribution is 0.588. The molecular weight excluding hydrogens is 256 g/mol. The maximum atomic E-state index is 4.08. The number of benzene rings is 1. The lowest BCUT2D eigenvalue weighted by atomic mass is 10.2. The summed E-state index contributed by atoms with van der Waals surface area (Å²) >= 11 is 1.78. The van der Waals surface area contributed by atoms with Crippen molar-refractivity contribution in [3.8, 4) is 0 Å². The van der Waals surface area contributed by atoms with Crippen LogP contribution in [-0.2, 0) is 19.3 Å². The van der Waals surface area contributed by atoms with E-state index < -0.39 is 0 Å². The van der Waals surface area contributed by atoms with E-state index in [0.29, 0.717) is 6.04 Å². The average Bonchev–Trinajstić information content (AvgIpc) is 2.81. The Labute approximate surface area is 118 Å². The summed E-state index contributed by atoms with van der Waals surface area (Å²) in [5.74, 6) is 1.84. The van der Waals surface area contributed by atoms with Gasteiger partial charge in [0.25, 0.3) is 0 Å². The fraction of sp³-hybridized carbons (Fsp3) is 0.429. The lowest BCUT2D eigenvalue weighted by Gasteiger charge is -2.08. The van der Waals surface area contributed by atoms with Crippen LogP contribution in [-0.4, -0.2) is 20.8 Å². The largest absolute Gasteiger partial charge is 0.320 e. The summed E-state index contributed by atoms with van der Waals surface area (Å²) in [5.41, 5.74) is 1.32. The van der Waals surface area contributed by atoms with E-state index in [4.69, 9.17) is 0 Å². The Morgan fingerprint density at radius 2 is 2.00 bits per heavy atom. The molecule has 0 atom stereocenters. The van der Waals surface area contributed by atoms with Gasteiger partial charge in [0.05, 0.1) is 5.75 Å². The van der Waals surface area contributed by atoms with Crippen LogP contribution in [0.3, 0.4) is 0 Å². The third kappa shape index (κ3) is 4.36. The summed E-state index contributed by atoms with van der Waals surface area (Å²) in [6.07, 6.45) is 1.73. The van der Waals surface area contributed by atoms with Crippen LogP contribution in [0, 0.1) is 0 Å². The van der Waals surface area contributed by atoms with Gasteiger partial charge < -0.3 is 9.88 Å². The maximum Gasteiger partial charge on any atom is 0.142 e. The van der Waals surface area contributed by atoms with Crippen LogP contribution in [0.2, 0.25) is 0 Å². The van der Waals surface area contributed by atoms with Crippen LogP contribution >= 0.6 is 11.8 Å². The van der Waals surface area contributed by atoms with Gasteiger partial charge in [0.1, 0.15) is 12.2 Å². The smallest absolute Gasteiger partial charge is 0.142 e. The minimum Gasteiger partial charge on any atom is -0.320 e. The predicted molar refractivity (Wildman–Crippen MR) is 79.0 cm³/mol. The van der Waals surface area contributed by atoms with Crippen molar-refractivity contribution in [1.29, 1.82) is 0 Å². The predicted octanol–water partition coefficient (Wildman–Crippen LogP) is 2.61. The van der Waals surface area contributed by atoms with E-state index in [1.807, 2.05) is 11.6 Å². The third-order valence-corrected chi connectivity index (χ3v) is 3.82. The summed E-state index contributed by atoms with van der Waals surface area (Å²) in [6, 6.07) is 9.20. The molecule has 0 fully saturated rings. The van der Waals surface area contributed by atoms with E-state index in [1.54, 1.807) is 18.1 Å². The van der Waals surface area contributed by atoms with Crippen molar-refractivity contribution < 1.29 is 0 Å². The van der Waals surface area contributed by atoms with Gasteiger partial charge in [0.2, 0.25) is 0 Å². The molecule has 0 unspecified atom stereocenters. The first-order valence-electron chi connectivity index (χ1n) is 6.43. The van der Waals surface area contributed by atoms with Gasteiger partial charge in [-0.2, -0.15) is 0 Å². The van der Waals surface area contributed by atoms with E-state index >= 15 is 0 Å². The highest BCUT2D eigenvalue weighted by atomic mass is 32.2. The first kappa shape index (κ1) is 14.1. The van der Waals surface area contributed by atoms with E-state index in [2.05, 4.69) is 53.6 Å². The summed E-state index contributed by atoms with van der Waals surface area (Å²) in [6.45, 7) is 5.24. The molecule has 1 aromatic carbocycles. The van der Waals surface area contributed by atoms with Crippen LogP contribution in [0.15, 0.2) is 35.5 Å². The minimum atomic E-state index is 0.518. The Hall–Kier alpha value is -1.33. The van der Waals surface area contributed by atoms with Crippen molar-refractivity contribution in [3.05, 3.63) is 42.0 Å². The van der Waals surface area contributed by atoms with E-state index in [0.717, 1.165) is 18.1 Å². The van der Waals surface area contributed by atoms with Gasteiger partial charge in [0, 0.05) is 24.5 Å². The summed E-state index contributed by atoms with van der Waals surface area (Å²) < 4.78 is 1.95. The molecule has 0 aliphatic heterocycles. The zero-order chi connectivity index (χ0) is 13.7. The number of hydrogen-bond donors (Lipinski definition) is 1. The number of thioether (sulfide) groups is 1. The van der Waals surface area contributed by atoms with Crippen molar-refractivity contribution in [2.24, 2.45) is 7.05 Å². The molecule has 2 aromatic rings. The number of hydrogen-bond acceptors (Lipinski definition) is 4. The Morgan fingerprint density at radius 1 is 1.26 bits per heavy atom. The Kier molecular flexibility index (Phi) is 4.99. The molecule has 0 amide bonds. The maximum absolute atomic E-state index is 4.08. The molecule has 4 nitrogen and oxygen atoms in total. The molecule has 19 heavy (non-hydrogen) atoms. The van der Waals surface area contributed by atoms with Crippen molar-refractivity contribution in [2.45, 2.75) is 37.1 Å². The molecule has 5 heteroatoms. The summed E-state index contributed by atoms with van der Waals surface area (Å²) in [4.78, 5) is 1.26. The number of aromatic nitrogens is 3. The third-order valence-electron chi connectivity index (χ3n) is 2.81. The van der Waals surface area contributed by atoms with Crippen molar-refractivity contribution >= 4 is 11.8 Å². The molecule has 2 rings (SSSR count). The average molecular weight is 276 g/mol.